The molecule has 532 valence electrons. The van der Waals surface area contributed by atoms with Crippen LogP contribution in [0.4, 0.5) is 13.2 Å². The van der Waals surface area contributed by atoms with Gasteiger partial charge in [-0.25, -0.2) is 0 Å². The molecule has 1 saturated carbocycles. The second kappa shape index (κ2) is 33.9. The van der Waals surface area contributed by atoms with Crippen LogP contribution in [-0.4, -0.2) is 252 Å². The number of benzene rings is 2. The van der Waals surface area contributed by atoms with Crippen LogP contribution < -0.4 is 16.0 Å². The fraction of sp³-hybridized carbons (Fsp3) is 0.647. The highest BCUT2D eigenvalue weighted by Crippen LogP contribution is 2.37. The van der Waals surface area contributed by atoms with Crippen molar-refractivity contribution in [3.63, 3.8) is 0 Å². The number of nitrogens with one attached hydrogen (secondary N) is 3. The Hall–Kier alpha value is -7.84. The highest BCUT2D eigenvalue weighted by atomic mass is 35.5. The van der Waals surface area contributed by atoms with E-state index in [9.17, 15) is 56.3 Å². The lowest BCUT2D eigenvalue weighted by Crippen LogP contribution is -2.65. The van der Waals surface area contributed by atoms with Gasteiger partial charge in [-0.1, -0.05) is 108 Å². The molecule has 1 spiro atoms. The number of carbonyl (C=O) groups excluding carboxylic acids is 12. The van der Waals surface area contributed by atoms with Crippen LogP contribution in [-0.2, 0) is 76.6 Å². The number of nitrogens with zero attached hydrogens (tertiary/aromatic N) is 9. The Labute approximate surface area is 567 Å². The van der Waals surface area contributed by atoms with Gasteiger partial charge < -0.3 is 60.0 Å². The topological polar surface area (TPSA) is 270 Å². The fourth-order valence-electron chi connectivity index (χ4n) is 12.8. The summed E-state index contributed by atoms with van der Waals surface area (Å²) in [6.07, 6.45) is -3.62. The normalized spacial score (nSPS) is 24.3. The SMILES string of the molecule is CC[C@H](C)[C@@H]1NC(=O)[C@H](CC(C)C)N(C)C(=O)C[C@@H](C(=O)N(C)C)N(C)C(=O)[C@H](C(C)C)N(C)C(=O)C2(CCCC2)NC(=O)[C@@H]2CCCN2C(=O)[C@H](CCc2ccc(C(F)(F)F)c(Cl)c2)NC(=O)CN(C)C(=O)[C@H](Cc2ccc(C)cc2)N(C)C(=O)CN(C)C(=O)CN(C)C1=O. The molecule has 12 amide bonds. The van der Waals surface area contributed by atoms with E-state index in [1.807, 2.05) is 32.9 Å². The molecule has 0 aromatic heterocycles. The van der Waals surface area contributed by atoms with Crippen molar-refractivity contribution in [2.45, 2.75) is 180 Å². The van der Waals surface area contributed by atoms with Crippen molar-refractivity contribution in [3.05, 3.63) is 69.7 Å². The van der Waals surface area contributed by atoms with Crippen molar-refractivity contribution >= 4 is 82.5 Å². The number of fused-ring (bicyclic) bond motifs is 1. The van der Waals surface area contributed by atoms with Gasteiger partial charge in [0.25, 0.3) is 0 Å². The minimum Gasteiger partial charge on any atom is -0.347 e. The lowest BCUT2D eigenvalue weighted by molar-refractivity contribution is -0.155. The fourth-order valence-corrected chi connectivity index (χ4v) is 13.1. The van der Waals surface area contributed by atoms with Crippen molar-refractivity contribution < 1.29 is 70.7 Å². The Bertz CT molecular complexity index is 3180. The monoisotopic (exact) mass is 1370 g/mol. The number of likely N-dealkylation sites (N-methyl/N-ethyl adjacent to an activating group) is 8. The van der Waals surface area contributed by atoms with E-state index in [0.29, 0.717) is 31.2 Å². The van der Waals surface area contributed by atoms with Gasteiger partial charge in [0.1, 0.15) is 47.8 Å². The molecule has 0 bridgehead atoms. The number of hydrogen-bond acceptors (Lipinski definition) is 12. The molecule has 96 heavy (non-hydrogen) atoms. The molecule has 2 heterocycles. The van der Waals surface area contributed by atoms with Crippen LogP contribution >= 0.6 is 11.6 Å². The number of aryl methyl sites for hydroxylation is 2. The van der Waals surface area contributed by atoms with E-state index >= 15 is 14.4 Å². The van der Waals surface area contributed by atoms with Gasteiger partial charge in [-0.3, -0.25) is 57.5 Å². The van der Waals surface area contributed by atoms with Crippen LogP contribution in [0.2, 0.25) is 5.02 Å². The second-order valence-corrected chi connectivity index (χ2v) is 27.7. The molecule has 3 N–H and O–H groups in total. The molecule has 24 nitrogen and oxygen atoms in total. The van der Waals surface area contributed by atoms with E-state index in [1.54, 1.807) is 39.8 Å². The van der Waals surface area contributed by atoms with Gasteiger partial charge in [0, 0.05) is 76.4 Å². The lowest BCUT2D eigenvalue weighted by Gasteiger charge is -2.41. The molecule has 2 aromatic rings. The third kappa shape index (κ3) is 19.7. The van der Waals surface area contributed by atoms with E-state index in [2.05, 4.69) is 16.0 Å². The summed E-state index contributed by atoms with van der Waals surface area (Å²) >= 11 is 6.12. The smallest absolute Gasteiger partial charge is 0.347 e. The van der Waals surface area contributed by atoms with Gasteiger partial charge in [0.15, 0.2) is 0 Å². The molecule has 8 atom stereocenters. The van der Waals surface area contributed by atoms with E-state index in [-0.39, 0.29) is 63.0 Å². The average Bonchev–Trinajstić information content (AvgIpc) is 1.51. The zero-order chi connectivity index (χ0) is 72.2. The molecule has 3 aliphatic rings. The zero-order valence-electron chi connectivity index (χ0n) is 58.6. The minimum atomic E-state index is -4.77. The van der Waals surface area contributed by atoms with E-state index in [1.165, 1.54) is 89.1 Å². The van der Waals surface area contributed by atoms with E-state index in [0.717, 1.165) is 42.2 Å². The largest absolute Gasteiger partial charge is 0.417 e. The van der Waals surface area contributed by atoms with Gasteiger partial charge in [0.05, 0.1) is 36.6 Å². The Morgan fingerprint density at radius 2 is 1.26 bits per heavy atom. The van der Waals surface area contributed by atoms with Crippen LogP contribution in [0.5, 0.6) is 0 Å². The first-order valence-corrected chi connectivity index (χ1v) is 33.3. The maximum atomic E-state index is 15.3. The third-order valence-electron chi connectivity index (χ3n) is 18.9. The van der Waals surface area contributed by atoms with Gasteiger partial charge in [-0.15, -0.1) is 0 Å². The highest BCUT2D eigenvalue weighted by Gasteiger charge is 2.50. The molecule has 2 saturated heterocycles. The third-order valence-corrected chi connectivity index (χ3v) is 19.2. The predicted molar refractivity (Wildman–Crippen MR) is 354 cm³/mol. The summed E-state index contributed by atoms with van der Waals surface area (Å²) in [5.41, 5.74) is -0.867. The minimum absolute atomic E-state index is 0.0109. The summed E-state index contributed by atoms with van der Waals surface area (Å²) in [6.45, 7) is 10.7. The lowest BCUT2D eigenvalue weighted by atomic mass is 9.91. The Kier molecular flexibility index (Phi) is 27.8. The molecule has 1 aliphatic carbocycles. The second-order valence-electron chi connectivity index (χ2n) is 27.3. The molecular weight excluding hydrogens is 1270 g/mol. The average molecular weight is 1370 g/mol. The van der Waals surface area contributed by atoms with Gasteiger partial charge in [-0.05, 0) is 92.9 Å². The van der Waals surface area contributed by atoms with Gasteiger partial charge in [0.2, 0.25) is 70.9 Å². The first kappa shape index (κ1) is 78.9. The first-order valence-electron chi connectivity index (χ1n) is 32.9. The summed E-state index contributed by atoms with van der Waals surface area (Å²) in [5, 5.41) is 7.95. The Balaban J connectivity index is 1.62. The molecule has 3 fully saturated rings. The van der Waals surface area contributed by atoms with E-state index in [4.69, 9.17) is 11.6 Å². The Morgan fingerprint density at radius 1 is 0.677 bits per heavy atom. The van der Waals surface area contributed by atoms with Crippen molar-refractivity contribution in [2.24, 2.45) is 17.8 Å². The molecule has 2 aromatic carbocycles. The summed E-state index contributed by atoms with van der Waals surface area (Å²) < 4.78 is 41.4. The molecule has 2 aliphatic heterocycles. The number of halogens is 4. The number of hydrogen-bond donors (Lipinski definition) is 3. The molecular formula is C68H100ClF3N12O12. The quantitative estimate of drug-likeness (QED) is 0.286. The summed E-state index contributed by atoms with van der Waals surface area (Å²) in [5.74, 6) is -9.83. The summed E-state index contributed by atoms with van der Waals surface area (Å²) in [7, 11) is 12.4. The molecule has 5 rings (SSSR count). The van der Waals surface area contributed by atoms with Gasteiger partial charge in [-0.2, -0.15) is 13.2 Å². The summed E-state index contributed by atoms with van der Waals surface area (Å²) in [4.78, 5) is 186. The highest BCUT2D eigenvalue weighted by molar-refractivity contribution is 6.31. The molecule has 28 heteroatoms. The predicted octanol–water partition coefficient (Wildman–Crippen LogP) is 4.16. The number of carbonyl (C=O) groups is 12. The van der Waals surface area contributed by atoms with Crippen LogP contribution in [0.3, 0.4) is 0 Å². The van der Waals surface area contributed by atoms with Crippen molar-refractivity contribution in [1.29, 1.82) is 0 Å². The van der Waals surface area contributed by atoms with Crippen LogP contribution in [0.1, 0.15) is 128 Å². The standard InChI is InChI=1S/C68H100ClF3N12O12/c1-17-43(7)57-64(94)79(12)38-55(87)77(10)39-56(88)81(14)51(35-45-24-22-42(6)23-25-45)63(93)78(11)37-53(85)73-48(29-27-44-26-28-46(47(69)34-44)68(70,71)72)61(91)84-32-20-21-49(84)60(90)75-67(30-18-19-31-67)66(96)83(16)58(41(4)5)65(95)82(15)52(62(92)76(8)9)36-54(86)80(13)50(33-40(2)3)59(89)74-57/h22-26,28,34,40-41,43,48-52,57-58H,17-21,27,29-33,35-39H2,1-16H3,(H,73,85)(H,74,89)(H,75,90)/t43-,48-,49-,50-,51-,52-,57-,58-/m0/s1. The van der Waals surface area contributed by atoms with Crippen molar-refractivity contribution in [2.75, 3.05) is 89.6 Å². The number of alkyl halides is 3. The van der Waals surface area contributed by atoms with Crippen molar-refractivity contribution in [1.82, 2.24) is 60.0 Å². The van der Waals surface area contributed by atoms with Crippen LogP contribution in [0.25, 0.3) is 0 Å². The maximum absolute atomic E-state index is 15.3. The van der Waals surface area contributed by atoms with Crippen LogP contribution in [0.15, 0.2) is 42.5 Å². The first-order chi connectivity index (χ1) is 44.8. The molecule has 0 radical (unpaired) electrons. The van der Waals surface area contributed by atoms with Crippen molar-refractivity contribution in [3.8, 4) is 0 Å². The number of amides is 12. The van der Waals surface area contributed by atoms with Crippen LogP contribution in [0, 0.1) is 24.7 Å². The number of rotatable bonds is 11. The zero-order valence-corrected chi connectivity index (χ0v) is 59.3. The summed E-state index contributed by atoms with van der Waals surface area (Å²) in [6, 6.07) is 1.12. The van der Waals surface area contributed by atoms with E-state index < -0.39 is 173 Å². The van der Waals surface area contributed by atoms with Gasteiger partial charge >= 0.3 is 6.18 Å². The Morgan fingerprint density at radius 3 is 1.82 bits per heavy atom. The molecule has 0 unspecified atom stereocenters. The maximum Gasteiger partial charge on any atom is 0.417 e.